The minimum Gasteiger partial charge on any atom is -0.457 e. The third-order valence-electron chi connectivity index (χ3n) is 4.03. The van der Waals surface area contributed by atoms with E-state index in [-0.39, 0.29) is 17.1 Å². The first-order valence-corrected chi connectivity index (χ1v) is 7.50. The van der Waals surface area contributed by atoms with Crippen LogP contribution >= 0.6 is 0 Å². The molecule has 0 radical (unpaired) electrons. The fourth-order valence-electron chi connectivity index (χ4n) is 2.89. The largest absolute Gasteiger partial charge is 0.457 e. The first-order chi connectivity index (χ1) is 11.6. The van der Waals surface area contributed by atoms with Crippen molar-refractivity contribution in [2.75, 3.05) is 5.73 Å². The summed E-state index contributed by atoms with van der Waals surface area (Å²) in [5.41, 5.74) is 7.53. The third-order valence-corrected chi connectivity index (χ3v) is 4.03. The zero-order valence-corrected chi connectivity index (χ0v) is 12.7. The number of rotatable bonds is 2. The second kappa shape index (κ2) is 5.35. The van der Waals surface area contributed by atoms with Crippen LogP contribution in [0.5, 0.6) is 11.5 Å². The average molecular weight is 315 g/mol. The Labute approximate surface area is 138 Å². The van der Waals surface area contributed by atoms with Gasteiger partial charge in [-0.2, -0.15) is 0 Å². The van der Waals surface area contributed by atoms with Gasteiger partial charge in [0.1, 0.15) is 11.5 Å². The van der Waals surface area contributed by atoms with E-state index in [0.717, 1.165) is 0 Å². The number of ether oxygens (including phenoxy) is 1. The molecule has 3 aromatic rings. The number of nitrogens with two attached hydrogens (primary N) is 1. The Kier molecular flexibility index (Phi) is 3.17. The van der Waals surface area contributed by atoms with E-state index >= 15 is 0 Å². The molecular weight excluding hydrogens is 302 g/mol. The molecule has 2 N–H and O–H groups in total. The lowest BCUT2D eigenvalue weighted by Gasteiger charge is -2.19. The molecule has 0 atom stereocenters. The summed E-state index contributed by atoms with van der Waals surface area (Å²) in [6.07, 6.45) is 0. The summed E-state index contributed by atoms with van der Waals surface area (Å²) in [6.45, 7) is 0. The first-order valence-electron chi connectivity index (χ1n) is 7.50. The van der Waals surface area contributed by atoms with Crippen LogP contribution in [0, 0.1) is 0 Å². The molecule has 116 valence electrons. The summed E-state index contributed by atoms with van der Waals surface area (Å²) in [5, 5.41) is 0. The molecule has 1 aliphatic rings. The van der Waals surface area contributed by atoms with Crippen LogP contribution in [-0.2, 0) is 0 Å². The molecule has 4 rings (SSSR count). The van der Waals surface area contributed by atoms with E-state index in [0.29, 0.717) is 33.9 Å². The van der Waals surface area contributed by atoms with Crippen molar-refractivity contribution >= 4 is 17.3 Å². The van der Waals surface area contributed by atoms with Crippen molar-refractivity contribution < 1.29 is 14.3 Å². The molecule has 4 heteroatoms. The van der Waals surface area contributed by atoms with Gasteiger partial charge in [-0.15, -0.1) is 0 Å². The fourth-order valence-corrected chi connectivity index (χ4v) is 2.89. The first kappa shape index (κ1) is 14.2. The molecule has 0 aliphatic heterocycles. The summed E-state index contributed by atoms with van der Waals surface area (Å²) >= 11 is 0. The molecule has 0 saturated carbocycles. The van der Waals surface area contributed by atoms with Gasteiger partial charge in [0.05, 0.1) is 5.56 Å². The van der Waals surface area contributed by atoms with Crippen molar-refractivity contribution in [2.45, 2.75) is 0 Å². The Morgan fingerprint density at radius 3 is 2.25 bits per heavy atom. The van der Waals surface area contributed by atoms with Crippen LogP contribution in [0.3, 0.4) is 0 Å². The van der Waals surface area contributed by atoms with Gasteiger partial charge < -0.3 is 10.5 Å². The van der Waals surface area contributed by atoms with Crippen molar-refractivity contribution in [1.29, 1.82) is 0 Å². The van der Waals surface area contributed by atoms with E-state index in [1.807, 2.05) is 30.3 Å². The minimum absolute atomic E-state index is 0.196. The van der Waals surface area contributed by atoms with Crippen LogP contribution in [0.2, 0.25) is 0 Å². The maximum Gasteiger partial charge on any atom is 0.196 e. The molecule has 3 aromatic carbocycles. The number of para-hydroxylation sites is 1. The third kappa shape index (κ3) is 2.16. The molecule has 0 heterocycles. The maximum absolute atomic E-state index is 12.8. The predicted molar refractivity (Wildman–Crippen MR) is 90.7 cm³/mol. The zero-order chi connectivity index (χ0) is 16.7. The monoisotopic (exact) mass is 315 g/mol. The summed E-state index contributed by atoms with van der Waals surface area (Å²) < 4.78 is 5.75. The lowest BCUT2D eigenvalue weighted by molar-refractivity contribution is 0.0979. The number of carbonyl (C=O) groups is 2. The van der Waals surface area contributed by atoms with E-state index in [9.17, 15) is 9.59 Å². The molecule has 4 nitrogen and oxygen atoms in total. The van der Waals surface area contributed by atoms with Crippen LogP contribution < -0.4 is 10.5 Å². The second-order valence-electron chi connectivity index (χ2n) is 5.55. The number of ketones is 2. The van der Waals surface area contributed by atoms with E-state index in [2.05, 4.69) is 0 Å². The Hall–Kier alpha value is -3.40. The molecule has 24 heavy (non-hydrogen) atoms. The molecular formula is C20H13NO3. The Morgan fingerprint density at radius 1 is 0.667 bits per heavy atom. The van der Waals surface area contributed by atoms with Crippen molar-refractivity contribution in [1.82, 2.24) is 0 Å². The van der Waals surface area contributed by atoms with Crippen LogP contribution in [0.15, 0.2) is 66.7 Å². The Bertz CT molecular complexity index is 977. The number of anilines is 1. The van der Waals surface area contributed by atoms with Gasteiger partial charge in [0, 0.05) is 22.4 Å². The standard InChI is InChI=1S/C20H13NO3/c21-17-8-4-7-15-18(17)20(23)16-11-13(9-10-14(16)19(15)22)24-12-5-2-1-3-6-12/h1-11H,21H2. The van der Waals surface area contributed by atoms with Crippen molar-refractivity contribution in [2.24, 2.45) is 0 Å². The van der Waals surface area contributed by atoms with Crippen LogP contribution in [0.25, 0.3) is 0 Å². The van der Waals surface area contributed by atoms with Gasteiger partial charge in [0.25, 0.3) is 0 Å². The SMILES string of the molecule is Nc1cccc2c1C(=O)c1cc(Oc3ccccc3)ccc1C2=O. The zero-order valence-electron chi connectivity index (χ0n) is 12.7. The predicted octanol–water partition coefficient (Wildman–Crippen LogP) is 3.84. The Morgan fingerprint density at radius 2 is 1.46 bits per heavy atom. The van der Waals surface area contributed by atoms with Crippen LogP contribution in [0.1, 0.15) is 31.8 Å². The van der Waals surface area contributed by atoms with Gasteiger partial charge in [-0.1, -0.05) is 30.3 Å². The molecule has 0 amide bonds. The van der Waals surface area contributed by atoms with Crippen LogP contribution in [-0.4, -0.2) is 11.6 Å². The minimum atomic E-state index is -0.254. The van der Waals surface area contributed by atoms with Crippen molar-refractivity contribution in [3.63, 3.8) is 0 Å². The molecule has 0 bridgehead atoms. The van der Waals surface area contributed by atoms with Gasteiger partial charge >= 0.3 is 0 Å². The van der Waals surface area contributed by atoms with E-state index in [1.54, 1.807) is 36.4 Å². The summed E-state index contributed by atoms with van der Waals surface area (Å²) in [5.74, 6) is 0.709. The van der Waals surface area contributed by atoms with Gasteiger partial charge in [0.2, 0.25) is 0 Å². The number of nitrogen functional groups attached to an aromatic ring is 1. The fraction of sp³-hybridized carbons (Fsp3) is 0. The average Bonchev–Trinajstić information content (AvgIpc) is 2.60. The summed E-state index contributed by atoms with van der Waals surface area (Å²) in [7, 11) is 0. The molecule has 0 fully saturated rings. The number of benzene rings is 3. The molecule has 0 saturated heterocycles. The summed E-state index contributed by atoms with van der Waals surface area (Å²) in [6, 6.07) is 19.1. The quantitative estimate of drug-likeness (QED) is 0.571. The highest BCUT2D eigenvalue weighted by atomic mass is 16.5. The van der Waals surface area contributed by atoms with Gasteiger partial charge in [-0.05, 0) is 36.4 Å². The number of carbonyl (C=O) groups excluding carboxylic acids is 2. The lowest BCUT2D eigenvalue weighted by atomic mass is 9.83. The van der Waals surface area contributed by atoms with Gasteiger partial charge in [-0.25, -0.2) is 0 Å². The molecule has 0 spiro atoms. The van der Waals surface area contributed by atoms with Crippen LogP contribution in [0.4, 0.5) is 5.69 Å². The Balaban J connectivity index is 1.80. The highest BCUT2D eigenvalue weighted by Crippen LogP contribution is 2.33. The molecule has 0 aromatic heterocycles. The normalized spacial score (nSPS) is 12.5. The highest BCUT2D eigenvalue weighted by Gasteiger charge is 2.31. The molecule has 0 unspecified atom stereocenters. The number of fused-ring (bicyclic) bond motifs is 2. The van der Waals surface area contributed by atoms with Gasteiger partial charge in [-0.3, -0.25) is 9.59 Å². The number of hydrogen-bond acceptors (Lipinski definition) is 4. The van der Waals surface area contributed by atoms with Crippen molar-refractivity contribution in [3.05, 3.63) is 89.0 Å². The maximum atomic E-state index is 12.8. The van der Waals surface area contributed by atoms with Gasteiger partial charge in [0.15, 0.2) is 11.6 Å². The second-order valence-corrected chi connectivity index (χ2v) is 5.55. The lowest BCUT2D eigenvalue weighted by Crippen LogP contribution is -2.22. The van der Waals surface area contributed by atoms with E-state index < -0.39 is 0 Å². The van der Waals surface area contributed by atoms with E-state index in [1.165, 1.54) is 0 Å². The van der Waals surface area contributed by atoms with E-state index in [4.69, 9.17) is 10.5 Å². The van der Waals surface area contributed by atoms with Crippen molar-refractivity contribution in [3.8, 4) is 11.5 Å². The smallest absolute Gasteiger partial charge is 0.196 e. The topological polar surface area (TPSA) is 69.4 Å². The molecule has 1 aliphatic carbocycles. The number of hydrogen-bond donors (Lipinski definition) is 1. The summed E-state index contributed by atoms with van der Waals surface area (Å²) in [4.78, 5) is 25.4. The highest BCUT2D eigenvalue weighted by molar-refractivity contribution is 6.30.